The van der Waals surface area contributed by atoms with Gasteiger partial charge in [-0.25, -0.2) is 0 Å². The van der Waals surface area contributed by atoms with Crippen molar-refractivity contribution in [3.63, 3.8) is 0 Å². The second-order valence-corrected chi connectivity index (χ2v) is 6.37. The smallest absolute Gasteiger partial charge is 0.325 e. The summed E-state index contributed by atoms with van der Waals surface area (Å²) in [6.07, 6.45) is -4.58. The zero-order chi connectivity index (χ0) is 18.0. The van der Waals surface area contributed by atoms with Gasteiger partial charge in [-0.2, -0.15) is 18.4 Å². The second-order valence-electron chi connectivity index (χ2n) is 5.32. The first kappa shape index (κ1) is 17.1. The van der Waals surface area contributed by atoms with Crippen LogP contribution in [0, 0.1) is 11.3 Å². The van der Waals surface area contributed by atoms with E-state index >= 15 is 0 Å². The molecule has 0 saturated carbocycles. The minimum absolute atomic E-state index is 0.232. The topological polar surface area (TPSA) is 56.6 Å². The first-order chi connectivity index (χ1) is 11.9. The zero-order valence-electron chi connectivity index (χ0n) is 12.7. The number of nitriles is 1. The SMILES string of the molecule is N#Cc1ccc(SCc2cc3ccccc3c(=O)[nH]2)cc1C(F)(F)F. The van der Waals surface area contributed by atoms with Gasteiger partial charge < -0.3 is 4.98 Å². The monoisotopic (exact) mass is 360 g/mol. The van der Waals surface area contributed by atoms with E-state index in [1.165, 1.54) is 6.07 Å². The molecule has 0 radical (unpaired) electrons. The number of nitrogens with zero attached hydrogens (tertiary/aromatic N) is 1. The van der Waals surface area contributed by atoms with E-state index in [9.17, 15) is 18.0 Å². The quantitative estimate of drug-likeness (QED) is 0.688. The van der Waals surface area contributed by atoms with E-state index in [1.54, 1.807) is 24.3 Å². The molecule has 0 atom stereocenters. The molecule has 3 rings (SSSR count). The fraction of sp³-hybridized carbons (Fsp3) is 0.111. The van der Waals surface area contributed by atoms with Crippen molar-refractivity contribution >= 4 is 22.5 Å². The summed E-state index contributed by atoms with van der Waals surface area (Å²) in [6, 6.07) is 14.0. The lowest BCUT2D eigenvalue weighted by Crippen LogP contribution is -2.09. The van der Waals surface area contributed by atoms with Crippen LogP contribution in [0.4, 0.5) is 13.2 Å². The van der Waals surface area contributed by atoms with Gasteiger partial charge in [0.2, 0.25) is 0 Å². The highest BCUT2D eigenvalue weighted by Crippen LogP contribution is 2.35. The number of hydrogen-bond donors (Lipinski definition) is 1. The molecule has 0 fully saturated rings. The molecule has 126 valence electrons. The van der Waals surface area contributed by atoms with Crippen LogP contribution in [-0.2, 0) is 11.9 Å². The van der Waals surface area contributed by atoms with Crippen molar-refractivity contribution in [3.05, 3.63) is 75.7 Å². The van der Waals surface area contributed by atoms with Crippen LogP contribution in [0.3, 0.4) is 0 Å². The summed E-state index contributed by atoms with van der Waals surface area (Å²) in [5.74, 6) is 0.309. The van der Waals surface area contributed by atoms with Crippen molar-refractivity contribution in [1.29, 1.82) is 5.26 Å². The molecular weight excluding hydrogens is 349 g/mol. The summed E-state index contributed by atoms with van der Waals surface area (Å²) in [4.78, 5) is 15.1. The number of H-pyrrole nitrogens is 1. The number of nitrogens with one attached hydrogen (secondary N) is 1. The summed E-state index contributed by atoms with van der Waals surface area (Å²) in [5, 5.41) is 10.2. The van der Waals surface area contributed by atoms with E-state index in [0.29, 0.717) is 21.7 Å². The molecule has 0 aliphatic rings. The van der Waals surface area contributed by atoms with Gasteiger partial charge >= 0.3 is 6.18 Å². The fourth-order valence-corrected chi connectivity index (χ4v) is 3.29. The number of halogens is 3. The van der Waals surface area contributed by atoms with Crippen molar-refractivity contribution in [2.45, 2.75) is 16.8 Å². The van der Waals surface area contributed by atoms with Gasteiger partial charge in [0.05, 0.1) is 17.2 Å². The molecule has 0 saturated heterocycles. The number of aromatic nitrogens is 1. The Morgan fingerprint density at radius 3 is 2.60 bits per heavy atom. The van der Waals surface area contributed by atoms with E-state index < -0.39 is 17.3 Å². The average molecular weight is 360 g/mol. The number of hydrogen-bond acceptors (Lipinski definition) is 3. The number of alkyl halides is 3. The van der Waals surface area contributed by atoms with Gasteiger partial charge in [0.1, 0.15) is 0 Å². The van der Waals surface area contributed by atoms with Crippen LogP contribution >= 0.6 is 11.8 Å². The lowest BCUT2D eigenvalue weighted by atomic mass is 10.1. The van der Waals surface area contributed by atoms with Crippen LogP contribution < -0.4 is 5.56 Å². The van der Waals surface area contributed by atoms with E-state index in [0.717, 1.165) is 29.3 Å². The molecule has 2 aromatic carbocycles. The van der Waals surface area contributed by atoms with E-state index in [4.69, 9.17) is 5.26 Å². The Bertz CT molecular complexity index is 1030. The number of thioether (sulfide) groups is 1. The Balaban J connectivity index is 1.87. The Hall–Kier alpha value is -2.72. The van der Waals surface area contributed by atoms with Crippen molar-refractivity contribution in [2.24, 2.45) is 0 Å². The Kier molecular flexibility index (Phi) is 4.55. The normalized spacial score (nSPS) is 11.4. The first-order valence-electron chi connectivity index (χ1n) is 7.23. The molecule has 25 heavy (non-hydrogen) atoms. The van der Waals surface area contributed by atoms with Gasteiger partial charge in [0.15, 0.2) is 0 Å². The molecule has 7 heteroatoms. The van der Waals surface area contributed by atoms with Gasteiger partial charge in [-0.15, -0.1) is 11.8 Å². The number of fused-ring (bicyclic) bond motifs is 1. The summed E-state index contributed by atoms with van der Waals surface area (Å²) >= 11 is 1.16. The minimum atomic E-state index is -4.58. The van der Waals surface area contributed by atoms with Crippen molar-refractivity contribution in [1.82, 2.24) is 4.98 Å². The standard InChI is InChI=1S/C18H11F3N2OS/c19-18(20,21)16-8-14(6-5-12(16)9-22)25-10-13-7-11-3-1-2-4-15(11)17(24)23-13/h1-8H,10H2,(H,23,24). The lowest BCUT2D eigenvalue weighted by molar-refractivity contribution is -0.137. The molecule has 0 aliphatic carbocycles. The third-order valence-electron chi connectivity index (χ3n) is 3.62. The maximum atomic E-state index is 13.0. The molecule has 1 aromatic heterocycles. The number of pyridine rings is 1. The minimum Gasteiger partial charge on any atom is -0.325 e. The Morgan fingerprint density at radius 2 is 1.88 bits per heavy atom. The highest BCUT2D eigenvalue weighted by molar-refractivity contribution is 7.98. The van der Waals surface area contributed by atoms with E-state index in [-0.39, 0.29) is 5.56 Å². The molecule has 0 amide bonds. The van der Waals surface area contributed by atoms with Crippen LogP contribution in [0.2, 0.25) is 0 Å². The molecule has 0 bridgehead atoms. The Morgan fingerprint density at radius 1 is 1.12 bits per heavy atom. The number of benzene rings is 2. The Labute approximate surface area is 145 Å². The fourth-order valence-electron chi connectivity index (χ4n) is 2.45. The van der Waals surface area contributed by atoms with Crippen LogP contribution in [0.15, 0.2) is 58.2 Å². The highest BCUT2D eigenvalue weighted by Gasteiger charge is 2.33. The maximum absolute atomic E-state index is 13.0. The number of aromatic amines is 1. The average Bonchev–Trinajstić information content (AvgIpc) is 2.59. The number of rotatable bonds is 3. The predicted molar refractivity (Wildman–Crippen MR) is 90.3 cm³/mol. The van der Waals surface area contributed by atoms with Crippen LogP contribution in [-0.4, -0.2) is 4.98 Å². The highest BCUT2D eigenvalue weighted by atomic mass is 32.2. The summed E-state index contributed by atoms with van der Waals surface area (Å²) in [7, 11) is 0. The summed E-state index contributed by atoms with van der Waals surface area (Å²) in [5.41, 5.74) is -0.973. The largest absolute Gasteiger partial charge is 0.417 e. The van der Waals surface area contributed by atoms with Crippen molar-refractivity contribution < 1.29 is 13.2 Å². The third-order valence-corrected chi connectivity index (χ3v) is 4.66. The molecule has 1 N–H and O–H groups in total. The van der Waals surface area contributed by atoms with Gasteiger partial charge in [-0.3, -0.25) is 4.79 Å². The van der Waals surface area contributed by atoms with E-state index in [1.807, 2.05) is 12.1 Å². The van der Waals surface area contributed by atoms with Gasteiger partial charge in [0, 0.05) is 21.7 Å². The molecule has 0 unspecified atom stereocenters. The second kappa shape index (κ2) is 6.65. The molecule has 3 nitrogen and oxygen atoms in total. The lowest BCUT2D eigenvalue weighted by Gasteiger charge is -2.10. The summed E-state index contributed by atoms with van der Waals surface area (Å²) in [6.45, 7) is 0. The van der Waals surface area contributed by atoms with E-state index in [2.05, 4.69) is 4.98 Å². The molecule has 0 aliphatic heterocycles. The van der Waals surface area contributed by atoms with Gasteiger partial charge in [0.25, 0.3) is 5.56 Å². The summed E-state index contributed by atoms with van der Waals surface area (Å²) < 4.78 is 39.0. The molecule has 3 aromatic rings. The third kappa shape index (κ3) is 3.69. The zero-order valence-corrected chi connectivity index (χ0v) is 13.5. The molecular formula is C18H11F3N2OS. The molecule has 0 spiro atoms. The van der Waals surface area contributed by atoms with Gasteiger partial charge in [-0.1, -0.05) is 18.2 Å². The van der Waals surface area contributed by atoms with Crippen LogP contribution in [0.1, 0.15) is 16.8 Å². The molecule has 1 heterocycles. The van der Waals surface area contributed by atoms with Crippen molar-refractivity contribution in [2.75, 3.05) is 0 Å². The first-order valence-corrected chi connectivity index (χ1v) is 8.22. The van der Waals surface area contributed by atoms with Gasteiger partial charge in [-0.05, 0) is 35.7 Å². The van der Waals surface area contributed by atoms with Crippen LogP contribution in [0.5, 0.6) is 0 Å². The predicted octanol–water partition coefficient (Wildman–Crippen LogP) is 4.71. The maximum Gasteiger partial charge on any atom is 0.417 e. The van der Waals surface area contributed by atoms with Crippen molar-refractivity contribution in [3.8, 4) is 6.07 Å². The van der Waals surface area contributed by atoms with Crippen LogP contribution in [0.25, 0.3) is 10.8 Å².